The summed E-state index contributed by atoms with van der Waals surface area (Å²) in [5, 5.41) is 6.07. The highest BCUT2D eigenvalue weighted by molar-refractivity contribution is 5.77. The van der Waals surface area contributed by atoms with Crippen molar-refractivity contribution in [2.75, 3.05) is 20.6 Å². The summed E-state index contributed by atoms with van der Waals surface area (Å²) in [6, 6.07) is 0.00201. The number of urea groups is 1. The van der Waals surface area contributed by atoms with E-state index in [4.69, 9.17) is 0 Å². The second-order valence-corrected chi connectivity index (χ2v) is 6.67. The Bertz CT molecular complexity index is 456. The molecule has 0 aromatic rings. The number of likely N-dealkylation sites (N-methyl/N-ethyl adjacent to an activating group) is 1. The van der Waals surface area contributed by atoms with E-state index in [1.54, 1.807) is 5.57 Å². The van der Waals surface area contributed by atoms with Crippen LogP contribution in [0.15, 0.2) is 23.8 Å². The molecule has 4 heteroatoms. The number of nitrogens with one attached hydrogen (secondary N) is 2. The fraction of sp³-hybridized carbons (Fsp3) is 0.688. The minimum atomic E-state index is 0.00165. The minimum absolute atomic E-state index is 0.00165. The molecular weight excluding hydrogens is 250 g/mol. The number of allylic oxidation sites excluding steroid dienone is 3. The molecule has 0 aromatic heterocycles. The van der Waals surface area contributed by atoms with Crippen LogP contribution in [-0.2, 0) is 0 Å². The van der Waals surface area contributed by atoms with Gasteiger partial charge in [0.05, 0.1) is 5.54 Å². The molecule has 1 heterocycles. The first-order valence-electron chi connectivity index (χ1n) is 7.66. The molecule has 2 amide bonds. The van der Waals surface area contributed by atoms with Crippen LogP contribution in [0.1, 0.15) is 38.5 Å². The molecule has 2 aliphatic carbocycles. The van der Waals surface area contributed by atoms with Crippen LogP contribution in [0.5, 0.6) is 0 Å². The van der Waals surface area contributed by atoms with Gasteiger partial charge >= 0.3 is 6.03 Å². The lowest BCUT2D eigenvalue weighted by Crippen LogP contribution is -2.56. The van der Waals surface area contributed by atoms with Crippen molar-refractivity contribution in [1.29, 1.82) is 0 Å². The molecule has 0 aromatic carbocycles. The quantitative estimate of drug-likeness (QED) is 0.811. The zero-order valence-electron chi connectivity index (χ0n) is 12.5. The highest BCUT2D eigenvalue weighted by atomic mass is 16.2. The van der Waals surface area contributed by atoms with Crippen molar-refractivity contribution in [3.8, 4) is 0 Å². The molecule has 1 saturated carbocycles. The number of rotatable bonds is 2. The zero-order valence-corrected chi connectivity index (χ0v) is 12.5. The van der Waals surface area contributed by atoms with Crippen LogP contribution in [0, 0.1) is 0 Å². The molecule has 2 N–H and O–H groups in total. The summed E-state index contributed by atoms with van der Waals surface area (Å²) in [6.45, 7) is 0.786. The topological polar surface area (TPSA) is 44.4 Å². The molecule has 0 bridgehead atoms. The van der Waals surface area contributed by atoms with E-state index in [0.717, 1.165) is 38.6 Å². The van der Waals surface area contributed by atoms with Gasteiger partial charge in [0.2, 0.25) is 0 Å². The molecule has 4 nitrogen and oxygen atoms in total. The van der Waals surface area contributed by atoms with Crippen LogP contribution in [0.3, 0.4) is 0 Å². The Morgan fingerprint density at radius 3 is 2.45 bits per heavy atom. The molecule has 20 heavy (non-hydrogen) atoms. The average Bonchev–Trinajstić information content (AvgIpc) is 2.82. The van der Waals surface area contributed by atoms with E-state index in [-0.39, 0.29) is 17.1 Å². The third-order valence-electron chi connectivity index (χ3n) is 5.47. The fourth-order valence-corrected chi connectivity index (χ4v) is 4.07. The van der Waals surface area contributed by atoms with Crippen LogP contribution in [-0.4, -0.2) is 42.6 Å². The summed E-state index contributed by atoms with van der Waals surface area (Å²) in [6.07, 6.45) is 13.5. The van der Waals surface area contributed by atoms with Gasteiger partial charge in [-0.15, -0.1) is 0 Å². The smallest absolute Gasteiger partial charge is 0.315 e. The molecule has 1 saturated heterocycles. The van der Waals surface area contributed by atoms with E-state index in [1.807, 2.05) is 0 Å². The van der Waals surface area contributed by atoms with Gasteiger partial charge < -0.3 is 10.6 Å². The van der Waals surface area contributed by atoms with Crippen LogP contribution < -0.4 is 10.6 Å². The summed E-state index contributed by atoms with van der Waals surface area (Å²) in [5.41, 5.74) is 1.75. The van der Waals surface area contributed by atoms with Gasteiger partial charge in [0.15, 0.2) is 0 Å². The molecule has 0 radical (unpaired) electrons. The minimum Gasteiger partial charge on any atom is -0.336 e. The molecule has 3 aliphatic rings. The largest absolute Gasteiger partial charge is 0.336 e. The summed E-state index contributed by atoms with van der Waals surface area (Å²) in [5.74, 6) is 0. The lowest BCUT2D eigenvalue weighted by Gasteiger charge is -2.50. The van der Waals surface area contributed by atoms with E-state index in [1.165, 1.54) is 6.42 Å². The first-order chi connectivity index (χ1) is 9.56. The Hall–Kier alpha value is -1.29. The molecule has 2 fully saturated rings. The van der Waals surface area contributed by atoms with Gasteiger partial charge in [0.1, 0.15) is 0 Å². The normalized spacial score (nSPS) is 37.0. The lowest BCUT2D eigenvalue weighted by atomic mass is 9.67. The summed E-state index contributed by atoms with van der Waals surface area (Å²) in [7, 11) is 4.39. The maximum Gasteiger partial charge on any atom is 0.315 e. The molecule has 0 unspecified atom stereocenters. The number of amides is 2. The summed E-state index contributed by atoms with van der Waals surface area (Å²) in [4.78, 5) is 13.9. The first-order valence-corrected chi connectivity index (χ1v) is 7.66. The zero-order chi connectivity index (χ0) is 14.2. The van der Waals surface area contributed by atoms with Crippen molar-refractivity contribution in [3.63, 3.8) is 0 Å². The maximum atomic E-state index is 11.5. The van der Waals surface area contributed by atoms with Crippen LogP contribution in [0.4, 0.5) is 4.79 Å². The second-order valence-electron chi connectivity index (χ2n) is 6.67. The van der Waals surface area contributed by atoms with Crippen molar-refractivity contribution < 1.29 is 4.79 Å². The van der Waals surface area contributed by atoms with E-state index >= 15 is 0 Å². The van der Waals surface area contributed by atoms with E-state index in [9.17, 15) is 4.79 Å². The number of nitrogens with zero attached hydrogens (tertiary/aromatic N) is 1. The summed E-state index contributed by atoms with van der Waals surface area (Å²) < 4.78 is 0. The monoisotopic (exact) mass is 275 g/mol. The van der Waals surface area contributed by atoms with Crippen molar-refractivity contribution in [1.82, 2.24) is 15.5 Å². The Balaban J connectivity index is 1.80. The maximum absolute atomic E-state index is 11.5. The lowest BCUT2D eigenvalue weighted by molar-refractivity contribution is 0.0952. The molecule has 1 spiro atoms. The standard InChI is InChI=1S/C16H25N3O/c1-19(2)16(13-6-4-3-5-7-13)10-8-15(9-11-16)12-17-14(20)18-15/h3-4,6H,5,7-12H2,1-2H3,(H2,17,18,20). The molecule has 1 aliphatic heterocycles. The first kappa shape index (κ1) is 13.7. The fourth-order valence-electron chi connectivity index (χ4n) is 4.07. The number of hydrogen-bond donors (Lipinski definition) is 2. The van der Waals surface area contributed by atoms with Gasteiger partial charge in [0, 0.05) is 12.1 Å². The number of hydrogen-bond acceptors (Lipinski definition) is 2. The highest BCUT2D eigenvalue weighted by Gasteiger charge is 2.48. The SMILES string of the molecule is CN(C)C1(C2=CC=CCC2)CCC2(CC1)CNC(=O)N2. The Morgan fingerprint density at radius 2 is 1.95 bits per heavy atom. The van der Waals surface area contributed by atoms with Gasteiger partial charge in [-0.25, -0.2) is 4.79 Å². The predicted octanol–water partition coefficient (Wildman–Crippen LogP) is 2.19. The van der Waals surface area contributed by atoms with Crippen LogP contribution in [0.25, 0.3) is 0 Å². The van der Waals surface area contributed by atoms with Crippen LogP contribution in [0.2, 0.25) is 0 Å². The van der Waals surface area contributed by atoms with E-state index in [2.05, 4.69) is 47.9 Å². The van der Waals surface area contributed by atoms with Crippen molar-refractivity contribution in [2.24, 2.45) is 0 Å². The number of carbonyl (C=O) groups excluding carboxylic acids is 1. The van der Waals surface area contributed by atoms with Gasteiger partial charge in [-0.2, -0.15) is 0 Å². The van der Waals surface area contributed by atoms with Gasteiger partial charge in [-0.3, -0.25) is 4.90 Å². The average molecular weight is 275 g/mol. The summed E-state index contributed by atoms with van der Waals surface area (Å²) >= 11 is 0. The highest BCUT2D eigenvalue weighted by Crippen LogP contribution is 2.44. The van der Waals surface area contributed by atoms with Gasteiger partial charge in [-0.05, 0) is 58.2 Å². The third kappa shape index (κ3) is 2.16. The van der Waals surface area contributed by atoms with Gasteiger partial charge in [0.25, 0.3) is 0 Å². The molecule has 110 valence electrons. The predicted molar refractivity (Wildman–Crippen MR) is 80.6 cm³/mol. The molecule has 0 atom stereocenters. The van der Waals surface area contributed by atoms with Crippen molar-refractivity contribution in [2.45, 2.75) is 49.6 Å². The third-order valence-corrected chi connectivity index (χ3v) is 5.47. The van der Waals surface area contributed by atoms with Crippen molar-refractivity contribution >= 4 is 6.03 Å². The Labute approximate surface area is 121 Å². The van der Waals surface area contributed by atoms with Crippen LogP contribution >= 0.6 is 0 Å². The molecular formula is C16H25N3O. The molecule has 3 rings (SSSR count). The van der Waals surface area contributed by atoms with E-state index < -0.39 is 0 Å². The van der Waals surface area contributed by atoms with Crippen molar-refractivity contribution in [3.05, 3.63) is 23.8 Å². The second kappa shape index (κ2) is 4.92. The Morgan fingerprint density at radius 1 is 1.20 bits per heavy atom. The number of carbonyl (C=O) groups is 1. The Kier molecular flexibility index (Phi) is 3.36. The van der Waals surface area contributed by atoms with E-state index in [0.29, 0.717) is 0 Å². The van der Waals surface area contributed by atoms with Gasteiger partial charge in [-0.1, -0.05) is 18.2 Å².